The van der Waals surface area contributed by atoms with Crippen LogP contribution in [0.2, 0.25) is 5.02 Å². The van der Waals surface area contributed by atoms with Crippen molar-refractivity contribution >= 4 is 23.3 Å². The van der Waals surface area contributed by atoms with Crippen LogP contribution in [0.4, 0.5) is 23.7 Å². The minimum Gasteiger partial charge on any atom is -0.421 e. The van der Waals surface area contributed by atoms with Crippen LogP contribution >= 0.6 is 11.6 Å². The zero-order valence-corrected chi connectivity index (χ0v) is 20.3. The first-order valence-corrected chi connectivity index (χ1v) is 11.8. The van der Waals surface area contributed by atoms with E-state index >= 15 is 0 Å². The first kappa shape index (κ1) is 24.5. The molecular formula is C22H24ClF3N8O2. The van der Waals surface area contributed by atoms with Crippen LogP contribution < -0.4 is 10.6 Å². The summed E-state index contributed by atoms with van der Waals surface area (Å²) in [5.41, 5.74) is 0.289. The van der Waals surface area contributed by atoms with Crippen LogP contribution in [0, 0.1) is 5.92 Å². The maximum atomic E-state index is 13.4. The number of aryl methyl sites for hydroxylation is 1. The lowest BCUT2D eigenvalue weighted by atomic mass is 9.64. The quantitative estimate of drug-likeness (QED) is 0.499. The average molecular weight is 525 g/mol. The fraction of sp³-hybridized carbons (Fsp3) is 0.500. The first-order valence-electron chi connectivity index (χ1n) is 11.4. The third-order valence-electron chi connectivity index (χ3n) is 6.50. The van der Waals surface area contributed by atoms with Gasteiger partial charge in [-0.3, -0.25) is 4.68 Å². The summed E-state index contributed by atoms with van der Waals surface area (Å²) in [6.45, 7) is 0.702. The smallest absolute Gasteiger partial charge is 0.401 e. The Morgan fingerprint density at radius 2 is 2.11 bits per heavy atom. The van der Waals surface area contributed by atoms with Crippen molar-refractivity contribution in [3.8, 4) is 11.4 Å². The van der Waals surface area contributed by atoms with E-state index in [9.17, 15) is 18.0 Å². The molecule has 192 valence electrons. The highest BCUT2D eigenvalue weighted by atomic mass is 35.5. The third kappa shape index (κ3) is 4.64. The number of carbonyl (C=O) groups excluding carboxylic acids is 1. The number of urea groups is 1. The molecule has 2 N–H and O–H groups in total. The van der Waals surface area contributed by atoms with Gasteiger partial charge >= 0.3 is 12.2 Å². The van der Waals surface area contributed by atoms with E-state index in [-0.39, 0.29) is 30.4 Å². The van der Waals surface area contributed by atoms with Gasteiger partial charge in [0.2, 0.25) is 11.8 Å². The van der Waals surface area contributed by atoms with E-state index < -0.39 is 18.3 Å². The van der Waals surface area contributed by atoms with E-state index in [1.54, 1.807) is 41.2 Å². The molecule has 0 unspecified atom stereocenters. The summed E-state index contributed by atoms with van der Waals surface area (Å²) in [6, 6.07) is 4.70. The Morgan fingerprint density at radius 1 is 1.31 bits per heavy atom. The summed E-state index contributed by atoms with van der Waals surface area (Å²) in [4.78, 5) is 19.4. The number of aromatic nitrogens is 5. The number of nitrogens with one attached hydrogen (secondary N) is 2. The molecule has 10 nitrogen and oxygen atoms in total. The maximum Gasteiger partial charge on any atom is 0.401 e. The van der Waals surface area contributed by atoms with Gasteiger partial charge < -0.3 is 20.0 Å². The number of carbonyl (C=O) groups is 1. The van der Waals surface area contributed by atoms with E-state index in [2.05, 4.69) is 37.8 Å². The van der Waals surface area contributed by atoms with Gasteiger partial charge in [0, 0.05) is 30.8 Å². The van der Waals surface area contributed by atoms with Gasteiger partial charge in [-0.05, 0) is 37.0 Å². The van der Waals surface area contributed by atoms with Gasteiger partial charge in [0.25, 0.3) is 0 Å². The van der Waals surface area contributed by atoms with E-state index in [1.807, 2.05) is 0 Å². The second-order valence-corrected chi connectivity index (χ2v) is 9.80. The Balaban J connectivity index is 1.34. The largest absolute Gasteiger partial charge is 0.421 e. The average Bonchev–Trinajstić information content (AvgIpc) is 3.43. The fourth-order valence-corrected chi connectivity index (χ4v) is 5.40. The van der Waals surface area contributed by atoms with Gasteiger partial charge in [0.1, 0.15) is 11.9 Å². The Morgan fingerprint density at radius 3 is 2.83 bits per heavy atom. The highest BCUT2D eigenvalue weighted by Crippen LogP contribution is 2.55. The van der Waals surface area contributed by atoms with Gasteiger partial charge in [-0.1, -0.05) is 18.5 Å². The Bertz CT molecular complexity index is 1280. The van der Waals surface area contributed by atoms with Crippen molar-refractivity contribution in [1.29, 1.82) is 0 Å². The number of alkyl halides is 3. The summed E-state index contributed by atoms with van der Waals surface area (Å²) in [5, 5.41) is 17.9. The predicted octanol–water partition coefficient (Wildman–Crippen LogP) is 4.10. The molecule has 2 aliphatic heterocycles. The van der Waals surface area contributed by atoms with Crippen molar-refractivity contribution in [3.05, 3.63) is 41.3 Å². The molecule has 3 fully saturated rings. The number of halogens is 4. The number of piperidine rings is 1. The van der Waals surface area contributed by atoms with E-state index in [4.69, 9.17) is 16.0 Å². The minimum atomic E-state index is -4.34. The molecule has 1 aromatic carbocycles. The monoisotopic (exact) mass is 524 g/mol. The lowest BCUT2D eigenvalue weighted by molar-refractivity contribution is -0.125. The van der Waals surface area contributed by atoms with Crippen LogP contribution in [0.3, 0.4) is 0 Å². The molecule has 1 saturated carbocycles. The van der Waals surface area contributed by atoms with E-state index in [0.29, 0.717) is 40.9 Å². The zero-order valence-electron chi connectivity index (χ0n) is 19.5. The molecule has 14 heteroatoms. The molecule has 0 radical (unpaired) electrons. The number of nitrogens with zero attached hydrogens (tertiary/aromatic N) is 6. The number of hydrogen-bond acceptors (Lipinski definition) is 7. The normalized spacial score (nSPS) is 23.4. The van der Waals surface area contributed by atoms with Crippen molar-refractivity contribution in [1.82, 2.24) is 35.2 Å². The van der Waals surface area contributed by atoms with Crippen LogP contribution in [-0.4, -0.2) is 54.7 Å². The van der Waals surface area contributed by atoms with Crippen molar-refractivity contribution in [2.24, 2.45) is 13.0 Å². The highest BCUT2D eigenvalue weighted by molar-refractivity contribution is 6.33. The second-order valence-electron chi connectivity index (χ2n) is 9.39. The molecule has 3 atom stereocenters. The van der Waals surface area contributed by atoms with Crippen molar-refractivity contribution in [2.45, 2.75) is 50.5 Å². The number of benzene rings is 1. The third-order valence-corrected chi connectivity index (χ3v) is 6.83. The Labute approximate surface area is 209 Å². The Kier molecular flexibility index (Phi) is 6.15. The molecule has 2 aromatic heterocycles. The highest BCUT2D eigenvalue weighted by Gasteiger charge is 2.62. The summed E-state index contributed by atoms with van der Waals surface area (Å²) >= 11 is 6.33. The van der Waals surface area contributed by atoms with Crippen LogP contribution in [0.1, 0.15) is 38.0 Å². The number of fused-ring (bicyclic) bond motifs is 2. The molecule has 1 aliphatic carbocycles. The van der Waals surface area contributed by atoms with Gasteiger partial charge in [0.05, 0.1) is 18.1 Å². The summed E-state index contributed by atoms with van der Waals surface area (Å²) < 4.78 is 44.6. The van der Waals surface area contributed by atoms with Crippen molar-refractivity contribution in [2.75, 3.05) is 11.9 Å². The second kappa shape index (κ2) is 9.04. The number of amides is 2. The summed E-state index contributed by atoms with van der Waals surface area (Å²) in [7, 11) is 1.74. The fourth-order valence-electron chi connectivity index (χ4n) is 5.19. The SMILES string of the molecule is C[C@@H]1C[C@@H]2C[C@](c3nnc(CNCC(F)(F)F)o3)(C1)N2C(=O)Nc1ccc(Cl)c(-c2ncn(C)n2)c1. The van der Waals surface area contributed by atoms with Crippen LogP contribution in [-0.2, 0) is 19.1 Å². The molecule has 4 heterocycles. The molecule has 2 bridgehead atoms. The molecule has 36 heavy (non-hydrogen) atoms. The number of hydrogen-bond donors (Lipinski definition) is 2. The molecule has 3 aliphatic rings. The lowest BCUT2D eigenvalue weighted by Gasteiger charge is -2.61. The van der Waals surface area contributed by atoms with E-state index in [0.717, 1.165) is 6.42 Å². The first-order chi connectivity index (χ1) is 17.0. The summed E-state index contributed by atoms with van der Waals surface area (Å²) in [5.74, 6) is 1.01. The van der Waals surface area contributed by atoms with Crippen LogP contribution in [0.25, 0.3) is 11.4 Å². The topological polar surface area (TPSA) is 114 Å². The van der Waals surface area contributed by atoms with Crippen molar-refractivity contribution < 1.29 is 22.4 Å². The Hall–Kier alpha value is -3.19. The molecule has 2 amide bonds. The molecular weight excluding hydrogens is 501 g/mol. The molecule has 0 spiro atoms. The number of anilines is 1. The molecule has 3 aromatic rings. The van der Waals surface area contributed by atoms with Crippen molar-refractivity contribution in [3.63, 3.8) is 0 Å². The van der Waals surface area contributed by atoms with Crippen LogP contribution in [0.15, 0.2) is 28.9 Å². The van der Waals surface area contributed by atoms with Gasteiger partial charge in [-0.15, -0.1) is 10.2 Å². The molecule has 6 rings (SSSR count). The maximum absolute atomic E-state index is 13.4. The predicted molar refractivity (Wildman–Crippen MR) is 123 cm³/mol. The standard InChI is InChI=1S/C22H24ClF3N8O2/c1-12-5-14-8-21(7-12,19-31-30-17(36-19)9-27-10-22(24,25)26)34(14)20(35)29-13-3-4-16(23)15(6-13)18-28-11-33(2)32-18/h3-4,6,11-12,14,27H,5,7-10H2,1-2H3,(H,29,35)/t12-,14-,21+/m1/s1. The van der Waals surface area contributed by atoms with E-state index in [1.165, 1.54) is 0 Å². The zero-order chi connectivity index (χ0) is 25.7. The molecule has 2 saturated heterocycles. The number of rotatable bonds is 6. The van der Waals surface area contributed by atoms with Gasteiger partial charge in [-0.2, -0.15) is 18.3 Å². The van der Waals surface area contributed by atoms with Gasteiger partial charge in [-0.25, -0.2) is 9.78 Å². The summed E-state index contributed by atoms with van der Waals surface area (Å²) in [6.07, 6.45) is -0.706. The minimum absolute atomic E-state index is 0.0170. The lowest BCUT2D eigenvalue weighted by Crippen LogP contribution is -2.70. The van der Waals surface area contributed by atoms with Crippen LogP contribution in [0.5, 0.6) is 0 Å². The van der Waals surface area contributed by atoms with Gasteiger partial charge in [0.15, 0.2) is 5.82 Å².